The minimum absolute atomic E-state index is 0.118. The highest BCUT2D eigenvalue weighted by molar-refractivity contribution is 6.21. The fourth-order valence-corrected chi connectivity index (χ4v) is 6.25. The number of hydrogen-bond donors (Lipinski definition) is 2. The highest BCUT2D eigenvalue weighted by Crippen LogP contribution is 2.37. The Bertz CT molecular complexity index is 1320. The van der Waals surface area contributed by atoms with Gasteiger partial charge in [0.2, 0.25) is 5.95 Å². The van der Waals surface area contributed by atoms with Gasteiger partial charge in [0.1, 0.15) is 5.82 Å². The first-order valence-corrected chi connectivity index (χ1v) is 13.3. The van der Waals surface area contributed by atoms with E-state index < -0.39 is 12.1 Å². The number of rotatable bonds is 7. The Kier molecular flexibility index (Phi) is 6.33. The van der Waals surface area contributed by atoms with Crippen molar-refractivity contribution in [3.63, 3.8) is 0 Å². The molecule has 10 heteroatoms. The summed E-state index contributed by atoms with van der Waals surface area (Å²) in [7, 11) is 0. The van der Waals surface area contributed by atoms with E-state index >= 15 is 0 Å². The van der Waals surface area contributed by atoms with Crippen molar-refractivity contribution in [3.05, 3.63) is 59.4 Å². The van der Waals surface area contributed by atoms with Crippen molar-refractivity contribution in [3.8, 4) is 0 Å². The average molecular weight is 518 g/mol. The van der Waals surface area contributed by atoms with E-state index in [0.29, 0.717) is 54.1 Å². The molecule has 2 unspecified atom stereocenters. The van der Waals surface area contributed by atoms with Crippen LogP contribution in [-0.2, 0) is 0 Å². The van der Waals surface area contributed by atoms with Crippen LogP contribution in [0.5, 0.6) is 0 Å². The monoisotopic (exact) mass is 517 g/mol. The predicted octanol–water partition coefficient (Wildman–Crippen LogP) is 4.70. The van der Waals surface area contributed by atoms with Gasteiger partial charge < -0.3 is 10.2 Å². The number of amides is 2. The molecule has 1 saturated heterocycles. The summed E-state index contributed by atoms with van der Waals surface area (Å²) in [4.78, 5) is 38.3. The number of aromatic nitrogens is 4. The summed E-state index contributed by atoms with van der Waals surface area (Å²) in [6, 6.07) is 10.7. The lowest BCUT2D eigenvalue weighted by Gasteiger charge is -2.43. The van der Waals surface area contributed by atoms with E-state index in [-0.39, 0.29) is 24.3 Å². The third-order valence-corrected chi connectivity index (χ3v) is 8.05. The van der Waals surface area contributed by atoms with E-state index in [0.717, 1.165) is 5.69 Å². The summed E-state index contributed by atoms with van der Waals surface area (Å²) in [5.74, 6) is 1.62. The maximum atomic E-state index is 14.3. The van der Waals surface area contributed by atoms with Crippen LogP contribution in [0, 0.1) is 11.3 Å². The molecule has 0 radical (unpaired) electrons. The molecule has 0 bridgehead atoms. The largest absolute Gasteiger partial charge is 0.340 e. The smallest absolute Gasteiger partial charge is 0.261 e. The summed E-state index contributed by atoms with van der Waals surface area (Å²) in [6.45, 7) is 2.57. The molecule has 3 aromatic rings. The number of hydrogen-bond acceptors (Lipinski definition) is 7. The molecule has 198 valence electrons. The van der Waals surface area contributed by atoms with Crippen molar-refractivity contribution in [2.45, 2.75) is 44.9 Å². The third-order valence-electron chi connectivity index (χ3n) is 8.05. The van der Waals surface area contributed by atoms with Crippen molar-refractivity contribution in [1.29, 1.82) is 0 Å². The van der Waals surface area contributed by atoms with Crippen LogP contribution in [-0.4, -0.2) is 63.2 Å². The number of aromatic amines is 1. The maximum absolute atomic E-state index is 14.3. The van der Waals surface area contributed by atoms with Gasteiger partial charge in [-0.3, -0.25) is 24.0 Å². The molecule has 2 aliphatic heterocycles. The Balaban J connectivity index is 1.18. The molecule has 3 aliphatic rings. The van der Waals surface area contributed by atoms with Crippen molar-refractivity contribution in [2.75, 3.05) is 36.5 Å². The van der Waals surface area contributed by atoms with Gasteiger partial charge >= 0.3 is 0 Å². The number of H-pyrrole nitrogens is 1. The molecule has 0 spiro atoms. The number of halogens is 1. The molecular formula is C28H32FN7O2. The number of imide groups is 1. The van der Waals surface area contributed by atoms with Gasteiger partial charge in [0, 0.05) is 48.9 Å². The summed E-state index contributed by atoms with van der Waals surface area (Å²) in [6.07, 6.45) is 7.11. The highest BCUT2D eigenvalue weighted by Gasteiger charge is 2.42. The second-order valence-electron chi connectivity index (χ2n) is 11.2. The zero-order valence-electron chi connectivity index (χ0n) is 21.5. The lowest BCUT2D eigenvalue weighted by atomic mass is 9.77. The van der Waals surface area contributed by atoms with Gasteiger partial charge in [-0.15, -0.1) is 0 Å². The molecule has 9 nitrogen and oxygen atoms in total. The van der Waals surface area contributed by atoms with Gasteiger partial charge in [0.25, 0.3) is 11.8 Å². The molecule has 4 heterocycles. The van der Waals surface area contributed by atoms with E-state index in [1.807, 2.05) is 17.9 Å². The van der Waals surface area contributed by atoms with Gasteiger partial charge in [-0.1, -0.05) is 31.9 Å². The molecule has 1 aromatic carbocycles. The van der Waals surface area contributed by atoms with Crippen LogP contribution in [0.1, 0.15) is 71.4 Å². The maximum Gasteiger partial charge on any atom is 0.261 e. The van der Waals surface area contributed by atoms with Crippen molar-refractivity contribution < 1.29 is 14.0 Å². The molecular weight excluding hydrogens is 485 g/mol. The van der Waals surface area contributed by atoms with Crippen molar-refractivity contribution >= 4 is 29.4 Å². The quantitative estimate of drug-likeness (QED) is 0.438. The van der Waals surface area contributed by atoms with Crippen LogP contribution >= 0.6 is 0 Å². The van der Waals surface area contributed by atoms with E-state index in [1.165, 1.54) is 30.6 Å². The molecule has 2 aromatic heterocycles. The number of alkyl halides is 1. The van der Waals surface area contributed by atoms with Gasteiger partial charge in [-0.2, -0.15) is 10.1 Å². The first kappa shape index (κ1) is 24.5. The highest BCUT2D eigenvalue weighted by atomic mass is 19.1. The Labute approximate surface area is 220 Å². The third kappa shape index (κ3) is 4.63. The van der Waals surface area contributed by atoms with Crippen LogP contribution in [0.4, 0.5) is 22.0 Å². The van der Waals surface area contributed by atoms with Crippen molar-refractivity contribution in [2.24, 2.45) is 11.3 Å². The molecule has 2 fully saturated rings. The fourth-order valence-electron chi connectivity index (χ4n) is 6.25. The second kappa shape index (κ2) is 9.81. The molecule has 1 aliphatic carbocycles. The standard InChI is InChI=1S/C28H32FN7O2/c1-28(16-29)13-18(15-36-25(37)20-8-4-5-9-21(20)26(36)38)14-35(17-28)27-30-11-10-23(32-27)31-24-12-22(33-34-24)19-6-2-3-7-19/h4-5,8-12,18-19H,2-3,6-7,13-17H2,1H3,(H2,30,31,32,33,34). The number of anilines is 3. The first-order valence-electron chi connectivity index (χ1n) is 13.3. The molecule has 6 rings (SSSR count). The predicted molar refractivity (Wildman–Crippen MR) is 141 cm³/mol. The van der Waals surface area contributed by atoms with Crippen LogP contribution in [0.2, 0.25) is 0 Å². The zero-order valence-corrected chi connectivity index (χ0v) is 21.5. The summed E-state index contributed by atoms with van der Waals surface area (Å²) in [5, 5.41) is 10.8. The number of benzene rings is 1. The Hall–Kier alpha value is -3.82. The fraction of sp³-hybridized carbons (Fsp3) is 0.464. The Morgan fingerprint density at radius 3 is 2.55 bits per heavy atom. The van der Waals surface area contributed by atoms with Crippen LogP contribution < -0.4 is 10.2 Å². The zero-order chi connectivity index (χ0) is 26.3. The van der Waals surface area contributed by atoms with Crippen molar-refractivity contribution in [1.82, 2.24) is 25.1 Å². The Morgan fingerprint density at radius 2 is 1.84 bits per heavy atom. The molecule has 2 atom stereocenters. The van der Waals surface area contributed by atoms with Gasteiger partial charge in [0.15, 0.2) is 5.82 Å². The average Bonchev–Trinajstić information content (AvgIpc) is 3.67. The van der Waals surface area contributed by atoms with E-state index in [9.17, 15) is 14.0 Å². The second-order valence-corrected chi connectivity index (χ2v) is 11.2. The van der Waals surface area contributed by atoms with E-state index in [1.54, 1.807) is 36.5 Å². The summed E-state index contributed by atoms with van der Waals surface area (Å²) < 4.78 is 14.3. The SMILES string of the molecule is CC1(CF)CC(CN2C(=O)c3ccccc3C2=O)CN(c2nccc(Nc3cc(C4CCCC4)[nH]n3)n2)C1. The van der Waals surface area contributed by atoms with Gasteiger partial charge in [0.05, 0.1) is 17.8 Å². The minimum atomic E-state index is -0.646. The molecule has 1 saturated carbocycles. The van der Waals surface area contributed by atoms with Crippen LogP contribution in [0.15, 0.2) is 42.6 Å². The lowest BCUT2D eigenvalue weighted by molar-refractivity contribution is 0.0588. The summed E-state index contributed by atoms with van der Waals surface area (Å²) >= 11 is 0. The first-order chi connectivity index (χ1) is 18.4. The number of piperidine rings is 1. The molecule has 2 amide bonds. The van der Waals surface area contributed by atoms with Gasteiger partial charge in [-0.25, -0.2) is 4.98 Å². The number of nitrogens with one attached hydrogen (secondary N) is 2. The van der Waals surface area contributed by atoms with Crippen LogP contribution in [0.25, 0.3) is 0 Å². The number of carbonyl (C=O) groups is 2. The molecule has 38 heavy (non-hydrogen) atoms. The van der Waals surface area contributed by atoms with Gasteiger partial charge in [-0.05, 0) is 43.4 Å². The summed E-state index contributed by atoms with van der Waals surface area (Å²) in [5.41, 5.74) is 1.35. The lowest BCUT2D eigenvalue weighted by Crippen LogP contribution is -2.51. The number of nitrogens with zero attached hydrogens (tertiary/aromatic N) is 5. The minimum Gasteiger partial charge on any atom is -0.340 e. The van der Waals surface area contributed by atoms with E-state index in [2.05, 4.69) is 20.5 Å². The number of carbonyl (C=O) groups excluding carboxylic acids is 2. The topological polar surface area (TPSA) is 107 Å². The molecule has 2 N–H and O–H groups in total. The number of fused-ring (bicyclic) bond motifs is 1. The van der Waals surface area contributed by atoms with Crippen LogP contribution in [0.3, 0.4) is 0 Å². The normalized spacial score (nSPS) is 23.8. The Morgan fingerprint density at radius 1 is 1.11 bits per heavy atom. The van der Waals surface area contributed by atoms with E-state index in [4.69, 9.17) is 4.98 Å².